The molecule has 18 heavy (non-hydrogen) atoms. The van der Waals surface area contributed by atoms with Crippen molar-refractivity contribution in [1.29, 1.82) is 0 Å². The van der Waals surface area contributed by atoms with Crippen LogP contribution in [0.25, 0.3) is 0 Å². The van der Waals surface area contributed by atoms with E-state index in [-0.39, 0.29) is 18.9 Å². The summed E-state index contributed by atoms with van der Waals surface area (Å²) in [5.41, 5.74) is 0.122. The number of benzene rings is 1. The molecule has 1 N–H and O–H groups in total. The Labute approximate surface area is 111 Å². The Bertz CT molecular complexity index is 358. The van der Waals surface area contributed by atoms with E-state index in [4.69, 9.17) is 0 Å². The average molecular weight is 255 g/mol. The molecule has 1 atom stereocenters. The first-order chi connectivity index (χ1) is 8.69. The minimum atomic E-state index is -0.466. The summed E-state index contributed by atoms with van der Waals surface area (Å²) in [5.74, 6) is -0.787. The van der Waals surface area contributed by atoms with Crippen LogP contribution in [-0.2, 0) is 0 Å². The Balaban J connectivity index is 0. The monoisotopic (exact) mass is 255 g/mol. The topological polar surface area (TPSA) is 29.1 Å². The SMILES string of the molecule is CC.CCCC(CC)NC(=O)c1ccccc1F.[HH]. The highest BCUT2D eigenvalue weighted by Crippen LogP contribution is 2.08. The van der Waals surface area contributed by atoms with Gasteiger partial charge >= 0.3 is 0 Å². The molecule has 0 aromatic heterocycles. The lowest BCUT2D eigenvalue weighted by Gasteiger charge is -2.16. The van der Waals surface area contributed by atoms with Crippen molar-refractivity contribution in [2.45, 2.75) is 53.0 Å². The fraction of sp³-hybridized carbons (Fsp3) is 0.533. The van der Waals surface area contributed by atoms with E-state index in [2.05, 4.69) is 12.2 Å². The number of carbonyl (C=O) groups is 1. The van der Waals surface area contributed by atoms with Crippen molar-refractivity contribution in [3.05, 3.63) is 35.6 Å². The van der Waals surface area contributed by atoms with Crippen molar-refractivity contribution in [3.8, 4) is 0 Å². The van der Waals surface area contributed by atoms with Gasteiger partial charge in [0.05, 0.1) is 5.56 Å². The molecule has 0 aliphatic rings. The Morgan fingerprint density at radius 2 is 1.94 bits per heavy atom. The molecule has 1 unspecified atom stereocenters. The van der Waals surface area contributed by atoms with Crippen LogP contribution in [0.2, 0.25) is 0 Å². The molecule has 0 heterocycles. The average Bonchev–Trinajstić information content (AvgIpc) is 2.41. The van der Waals surface area contributed by atoms with Gasteiger partial charge in [-0.1, -0.05) is 46.2 Å². The molecule has 0 saturated carbocycles. The van der Waals surface area contributed by atoms with Crippen LogP contribution in [0.15, 0.2) is 24.3 Å². The van der Waals surface area contributed by atoms with E-state index in [0.717, 1.165) is 19.3 Å². The maximum atomic E-state index is 13.3. The van der Waals surface area contributed by atoms with Crippen LogP contribution in [0.4, 0.5) is 4.39 Å². The Hall–Kier alpha value is -1.38. The van der Waals surface area contributed by atoms with Gasteiger partial charge in [0.25, 0.3) is 5.91 Å². The lowest BCUT2D eigenvalue weighted by Crippen LogP contribution is -2.34. The lowest BCUT2D eigenvalue weighted by atomic mass is 10.1. The second-order valence-corrected chi connectivity index (χ2v) is 3.85. The lowest BCUT2D eigenvalue weighted by molar-refractivity contribution is 0.0929. The van der Waals surface area contributed by atoms with Gasteiger partial charge in [-0.3, -0.25) is 4.79 Å². The summed E-state index contributed by atoms with van der Waals surface area (Å²) in [7, 11) is 0. The summed E-state index contributed by atoms with van der Waals surface area (Å²) in [6.07, 6.45) is 2.81. The summed E-state index contributed by atoms with van der Waals surface area (Å²) < 4.78 is 13.3. The molecule has 1 aromatic rings. The van der Waals surface area contributed by atoms with E-state index in [1.165, 1.54) is 12.1 Å². The summed E-state index contributed by atoms with van der Waals surface area (Å²) in [6.45, 7) is 8.08. The molecule has 0 spiro atoms. The molecule has 104 valence electrons. The third-order valence-electron chi connectivity index (χ3n) is 2.58. The molecule has 0 aliphatic carbocycles. The molecule has 2 nitrogen and oxygen atoms in total. The Morgan fingerprint density at radius 3 is 2.44 bits per heavy atom. The van der Waals surface area contributed by atoms with E-state index in [9.17, 15) is 9.18 Å². The van der Waals surface area contributed by atoms with Gasteiger partial charge in [0.2, 0.25) is 0 Å². The van der Waals surface area contributed by atoms with Crippen LogP contribution in [0.1, 0.15) is 58.7 Å². The molecule has 0 fully saturated rings. The number of nitrogens with one attached hydrogen (secondary N) is 1. The van der Waals surface area contributed by atoms with Gasteiger partial charge in [-0.05, 0) is 25.0 Å². The van der Waals surface area contributed by atoms with E-state index in [0.29, 0.717) is 0 Å². The maximum absolute atomic E-state index is 13.3. The van der Waals surface area contributed by atoms with Crippen LogP contribution in [0.5, 0.6) is 0 Å². The smallest absolute Gasteiger partial charge is 0.254 e. The highest BCUT2D eigenvalue weighted by Gasteiger charge is 2.14. The van der Waals surface area contributed by atoms with Gasteiger partial charge < -0.3 is 5.32 Å². The number of halogens is 1. The van der Waals surface area contributed by atoms with E-state index in [1.54, 1.807) is 12.1 Å². The maximum Gasteiger partial charge on any atom is 0.254 e. The molecular formula is C15H26FNO. The number of hydrogen-bond donors (Lipinski definition) is 1. The van der Waals surface area contributed by atoms with E-state index >= 15 is 0 Å². The van der Waals surface area contributed by atoms with Gasteiger partial charge in [-0.25, -0.2) is 4.39 Å². The van der Waals surface area contributed by atoms with E-state index in [1.807, 2.05) is 20.8 Å². The molecule has 0 bridgehead atoms. The van der Waals surface area contributed by atoms with Gasteiger partial charge in [-0.2, -0.15) is 0 Å². The summed E-state index contributed by atoms with van der Waals surface area (Å²) in [6, 6.07) is 6.19. The molecule has 1 aromatic carbocycles. The van der Waals surface area contributed by atoms with Crippen molar-refractivity contribution in [1.82, 2.24) is 5.32 Å². The van der Waals surface area contributed by atoms with Gasteiger partial charge in [0, 0.05) is 7.47 Å². The van der Waals surface area contributed by atoms with Crippen LogP contribution in [0, 0.1) is 5.82 Å². The highest BCUT2D eigenvalue weighted by molar-refractivity contribution is 5.94. The van der Waals surface area contributed by atoms with Crippen molar-refractivity contribution < 1.29 is 10.6 Å². The van der Waals surface area contributed by atoms with Crippen LogP contribution in [0.3, 0.4) is 0 Å². The first-order valence-electron chi connectivity index (χ1n) is 6.74. The third-order valence-corrected chi connectivity index (χ3v) is 2.58. The van der Waals surface area contributed by atoms with Crippen molar-refractivity contribution >= 4 is 5.91 Å². The molecule has 3 heteroatoms. The molecule has 1 amide bonds. The standard InChI is InChI=1S/C13H18FNO.C2H6.H2/c1-3-7-10(4-2)15-13(16)11-8-5-6-9-12(11)14;1-2;/h5-6,8-10H,3-4,7H2,1-2H3,(H,15,16);1-2H3;1H. The second kappa shape index (κ2) is 9.63. The summed E-state index contributed by atoms with van der Waals surface area (Å²) in [5, 5.41) is 2.85. The molecular weight excluding hydrogens is 229 g/mol. The first-order valence-corrected chi connectivity index (χ1v) is 6.74. The van der Waals surface area contributed by atoms with Crippen LogP contribution in [-0.4, -0.2) is 11.9 Å². The Kier molecular flexibility index (Phi) is 8.89. The van der Waals surface area contributed by atoms with Gasteiger partial charge in [0.1, 0.15) is 5.82 Å². The van der Waals surface area contributed by atoms with Gasteiger partial charge in [0.15, 0.2) is 0 Å². The first kappa shape index (κ1) is 16.6. The zero-order valence-corrected chi connectivity index (χ0v) is 11.8. The number of amides is 1. The molecule has 0 aliphatic heterocycles. The summed E-state index contributed by atoms with van der Waals surface area (Å²) >= 11 is 0. The highest BCUT2D eigenvalue weighted by atomic mass is 19.1. The second-order valence-electron chi connectivity index (χ2n) is 3.85. The zero-order valence-electron chi connectivity index (χ0n) is 11.8. The molecule has 0 saturated heterocycles. The van der Waals surface area contributed by atoms with Crippen molar-refractivity contribution in [2.24, 2.45) is 0 Å². The van der Waals surface area contributed by atoms with Gasteiger partial charge in [-0.15, -0.1) is 0 Å². The fourth-order valence-corrected chi connectivity index (χ4v) is 1.64. The predicted octanol–water partition coefficient (Wildman–Crippen LogP) is 4.41. The predicted molar refractivity (Wildman–Crippen MR) is 76.3 cm³/mol. The van der Waals surface area contributed by atoms with E-state index < -0.39 is 5.82 Å². The quantitative estimate of drug-likeness (QED) is 0.829. The fourth-order valence-electron chi connectivity index (χ4n) is 1.64. The minimum Gasteiger partial charge on any atom is -0.349 e. The molecule has 1 rings (SSSR count). The minimum absolute atomic E-state index is 0. The molecule has 0 radical (unpaired) electrons. The number of rotatable bonds is 5. The Morgan fingerprint density at radius 1 is 1.33 bits per heavy atom. The van der Waals surface area contributed by atoms with Crippen LogP contribution < -0.4 is 5.32 Å². The summed E-state index contributed by atoms with van der Waals surface area (Å²) in [4.78, 5) is 11.8. The van der Waals surface area contributed by atoms with Crippen molar-refractivity contribution in [3.63, 3.8) is 0 Å². The van der Waals surface area contributed by atoms with Crippen LogP contribution >= 0.6 is 0 Å². The largest absolute Gasteiger partial charge is 0.349 e. The number of carbonyl (C=O) groups excluding carboxylic acids is 1. The van der Waals surface area contributed by atoms with Crippen molar-refractivity contribution in [2.75, 3.05) is 0 Å². The normalized spacial score (nSPS) is 11.2. The number of hydrogen-bond acceptors (Lipinski definition) is 1. The third kappa shape index (κ3) is 5.30. The zero-order chi connectivity index (χ0) is 14.0.